The molecule has 1 unspecified atom stereocenters. The van der Waals surface area contributed by atoms with Crippen molar-refractivity contribution < 1.29 is 0 Å². The molecule has 3 rings (SSSR count). The Kier molecular flexibility index (Phi) is 4.62. The molecule has 0 saturated heterocycles. The van der Waals surface area contributed by atoms with E-state index in [0.717, 1.165) is 0 Å². The highest BCUT2D eigenvalue weighted by Gasteiger charge is 2.20. The molecule has 0 aromatic heterocycles. The molecule has 2 aromatic rings. The Bertz CT molecular complexity index is 751. The molecular weight excluding hydrogens is 393 g/mol. The molecule has 1 aliphatic rings. The fourth-order valence-electron chi connectivity index (χ4n) is 2.74. The fraction of sp³-hybridized carbons (Fsp3) is 0.238. The maximum Gasteiger partial charge on any atom is 0.0706 e. The molecule has 1 nitrogen and oxygen atoms in total. The number of nitrogens with one attached hydrogen (secondary N) is 1. The van der Waals surface area contributed by atoms with Gasteiger partial charge < -0.3 is 5.32 Å². The van der Waals surface area contributed by atoms with E-state index in [-0.39, 0.29) is 11.5 Å². The van der Waals surface area contributed by atoms with E-state index in [9.17, 15) is 0 Å². The Balaban J connectivity index is 1.90. The lowest BCUT2D eigenvalue weighted by Crippen LogP contribution is -2.21. The molecule has 0 spiro atoms. The van der Waals surface area contributed by atoms with Gasteiger partial charge in [0.25, 0.3) is 0 Å². The first-order chi connectivity index (χ1) is 10.9. The molecule has 0 fully saturated rings. The van der Waals surface area contributed by atoms with Gasteiger partial charge in [-0.05, 0) is 62.4 Å². The lowest BCUT2D eigenvalue weighted by atomic mass is 9.85. The quantitative estimate of drug-likeness (QED) is 0.586. The van der Waals surface area contributed by atoms with E-state index in [0.29, 0.717) is 0 Å². The van der Waals surface area contributed by atoms with Crippen molar-refractivity contribution in [3.63, 3.8) is 0 Å². The Morgan fingerprint density at radius 2 is 1.70 bits per heavy atom. The molecule has 0 saturated carbocycles. The van der Waals surface area contributed by atoms with Gasteiger partial charge in [0.05, 0.1) is 6.04 Å². The summed E-state index contributed by atoms with van der Waals surface area (Å²) in [6, 6.07) is 17.5. The summed E-state index contributed by atoms with van der Waals surface area (Å²) in [4.78, 5) is 0. The number of dihydropyridines is 1. The highest BCUT2D eigenvalue weighted by atomic mass is 127. The summed E-state index contributed by atoms with van der Waals surface area (Å²) in [5, 5.41) is 3.56. The largest absolute Gasteiger partial charge is 0.380 e. The number of hydrogen-bond acceptors (Lipinski definition) is 1. The van der Waals surface area contributed by atoms with Crippen molar-refractivity contribution in [2.24, 2.45) is 5.41 Å². The van der Waals surface area contributed by atoms with E-state index in [4.69, 9.17) is 0 Å². The zero-order valence-corrected chi connectivity index (χ0v) is 16.0. The first-order valence-electron chi connectivity index (χ1n) is 7.95. The summed E-state index contributed by atoms with van der Waals surface area (Å²) in [6.07, 6.45) is 6.69. The summed E-state index contributed by atoms with van der Waals surface area (Å²) < 4.78 is 1.29. The van der Waals surface area contributed by atoms with Gasteiger partial charge in [0.1, 0.15) is 0 Å². The van der Waals surface area contributed by atoms with Crippen LogP contribution in [0, 0.1) is 8.99 Å². The molecule has 1 N–H and O–H groups in total. The summed E-state index contributed by atoms with van der Waals surface area (Å²) >= 11 is 2.43. The van der Waals surface area contributed by atoms with Crippen LogP contribution in [0.2, 0.25) is 0 Å². The van der Waals surface area contributed by atoms with Gasteiger partial charge in [0.2, 0.25) is 0 Å². The second kappa shape index (κ2) is 6.52. The van der Waals surface area contributed by atoms with Crippen LogP contribution in [-0.2, 0) is 0 Å². The minimum absolute atomic E-state index is 0.174. The van der Waals surface area contributed by atoms with Crippen molar-refractivity contribution in [1.29, 1.82) is 0 Å². The summed E-state index contributed by atoms with van der Waals surface area (Å²) in [6.45, 7) is 6.72. The van der Waals surface area contributed by atoms with Gasteiger partial charge in [-0.3, -0.25) is 0 Å². The van der Waals surface area contributed by atoms with Gasteiger partial charge in [-0.2, -0.15) is 0 Å². The van der Waals surface area contributed by atoms with Crippen LogP contribution in [0.15, 0.2) is 72.5 Å². The Labute approximate surface area is 152 Å². The van der Waals surface area contributed by atoms with Gasteiger partial charge in [0, 0.05) is 9.77 Å². The Morgan fingerprint density at radius 1 is 0.957 bits per heavy atom. The molecule has 23 heavy (non-hydrogen) atoms. The number of hydrogen-bond donors (Lipinski definition) is 1. The van der Waals surface area contributed by atoms with Crippen LogP contribution in [0.1, 0.15) is 32.4 Å². The zero-order chi connectivity index (χ0) is 16.4. The van der Waals surface area contributed by atoms with Crippen LogP contribution in [0.5, 0.6) is 0 Å². The third-order valence-corrected chi connectivity index (χ3v) is 5.17. The average Bonchev–Trinajstić information content (AvgIpc) is 2.55. The molecular formula is C21H22IN. The highest BCUT2D eigenvalue weighted by Crippen LogP contribution is 2.33. The molecule has 0 bridgehead atoms. The molecule has 2 aromatic carbocycles. The standard InChI is InChI=1S/C21H22IN/c1-21(2,3)17-10-12-20(23-14-17)18-13-16(9-11-19(18)22)15-7-5-4-6-8-15/h4-14,20,23H,1-3H3. The van der Waals surface area contributed by atoms with Gasteiger partial charge in [-0.25, -0.2) is 0 Å². The van der Waals surface area contributed by atoms with Crippen molar-refractivity contribution in [3.8, 4) is 11.1 Å². The van der Waals surface area contributed by atoms with E-state index in [2.05, 4.69) is 116 Å². The molecule has 1 atom stereocenters. The van der Waals surface area contributed by atoms with E-state index in [1.165, 1.54) is 25.8 Å². The summed E-state index contributed by atoms with van der Waals surface area (Å²) in [7, 11) is 0. The molecule has 1 heterocycles. The van der Waals surface area contributed by atoms with Crippen LogP contribution in [0.3, 0.4) is 0 Å². The smallest absolute Gasteiger partial charge is 0.0706 e. The average molecular weight is 415 g/mol. The number of benzene rings is 2. The number of halogens is 1. The first-order valence-corrected chi connectivity index (χ1v) is 9.03. The van der Waals surface area contributed by atoms with E-state index in [1.807, 2.05) is 0 Å². The molecule has 1 aliphatic heterocycles. The van der Waals surface area contributed by atoms with Crippen LogP contribution in [-0.4, -0.2) is 0 Å². The monoisotopic (exact) mass is 415 g/mol. The van der Waals surface area contributed by atoms with Crippen molar-refractivity contribution in [2.75, 3.05) is 0 Å². The van der Waals surface area contributed by atoms with E-state index < -0.39 is 0 Å². The second-order valence-corrected chi connectivity index (χ2v) is 8.12. The second-order valence-electron chi connectivity index (χ2n) is 6.96. The molecule has 2 heteroatoms. The first kappa shape index (κ1) is 16.3. The maximum absolute atomic E-state index is 3.56. The van der Waals surface area contributed by atoms with Crippen LogP contribution >= 0.6 is 22.6 Å². The topological polar surface area (TPSA) is 12.0 Å². The van der Waals surface area contributed by atoms with Gasteiger partial charge in [-0.1, -0.05) is 69.3 Å². The molecule has 0 aliphatic carbocycles. The minimum atomic E-state index is 0.174. The highest BCUT2D eigenvalue weighted by molar-refractivity contribution is 14.1. The fourth-order valence-corrected chi connectivity index (χ4v) is 3.41. The number of allylic oxidation sites excluding steroid dienone is 2. The predicted octanol–water partition coefficient (Wildman–Crippen LogP) is 6.09. The lowest BCUT2D eigenvalue weighted by Gasteiger charge is -2.27. The van der Waals surface area contributed by atoms with Crippen LogP contribution in [0.4, 0.5) is 0 Å². The van der Waals surface area contributed by atoms with Crippen molar-refractivity contribution in [3.05, 3.63) is 81.6 Å². The van der Waals surface area contributed by atoms with Crippen molar-refractivity contribution in [2.45, 2.75) is 26.8 Å². The third kappa shape index (κ3) is 3.69. The number of rotatable bonds is 2. The summed E-state index contributed by atoms with van der Waals surface area (Å²) in [5.74, 6) is 0. The maximum atomic E-state index is 3.56. The molecule has 118 valence electrons. The van der Waals surface area contributed by atoms with Crippen LogP contribution < -0.4 is 5.32 Å². The predicted molar refractivity (Wildman–Crippen MR) is 107 cm³/mol. The molecule has 0 amide bonds. The molecule has 0 radical (unpaired) electrons. The Morgan fingerprint density at radius 3 is 2.30 bits per heavy atom. The van der Waals surface area contributed by atoms with E-state index in [1.54, 1.807) is 0 Å². The van der Waals surface area contributed by atoms with Crippen LogP contribution in [0.25, 0.3) is 11.1 Å². The SMILES string of the molecule is CC(C)(C)C1=CNC(c2cc(-c3ccccc3)ccc2I)C=C1. The van der Waals surface area contributed by atoms with Crippen molar-refractivity contribution >= 4 is 22.6 Å². The zero-order valence-electron chi connectivity index (χ0n) is 13.8. The summed E-state index contributed by atoms with van der Waals surface area (Å²) in [5.41, 5.74) is 5.36. The Hall–Kier alpha value is -1.55. The van der Waals surface area contributed by atoms with Gasteiger partial charge in [-0.15, -0.1) is 0 Å². The lowest BCUT2D eigenvalue weighted by molar-refractivity contribution is 0.505. The normalized spacial score (nSPS) is 17.6. The van der Waals surface area contributed by atoms with E-state index >= 15 is 0 Å². The van der Waals surface area contributed by atoms with Gasteiger partial charge >= 0.3 is 0 Å². The minimum Gasteiger partial charge on any atom is -0.380 e. The van der Waals surface area contributed by atoms with Crippen molar-refractivity contribution in [1.82, 2.24) is 5.32 Å². The third-order valence-electron chi connectivity index (χ3n) is 4.19. The van der Waals surface area contributed by atoms with Gasteiger partial charge in [0.15, 0.2) is 0 Å².